The maximum atomic E-state index is 5.47. The van der Waals surface area contributed by atoms with E-state index in [4.69, 9.17) is 9.73 Å². The van der Waals surface area contributed by atoms with Crippen LogP contribution in [-0.4, -0.2) is 47.0 Å². The van der Waals surface area contributed by atoms with Gasteiger partial charge in [0.1, 0.15) is 12.2 Å². The van der Waals surface area contributed by atoms with Crippen LogP contribution in [0.25, 0.3) is 0 Å². The number of ether oxygens (including phenoxy) is 1. The predicted octanol–water partition coefficient (Wildman–Crippen LogP) is 2.54. The lowest BCUT2D eigenvalue weighted by molar-refractivity contribution is 0.186. The Morgan fingerprint density at radius 3 is 2.82 bits per heavy atom. The number of aliphatic imine (C=N–C) groups is 1. The highest BCUT2D eigenvalue weighted by Gasteiger charge is 2.15. The third-order valence-electron chi connectivity index (χ3n) is 4.78. The Bertz CT molecular complexity index is 725. The topological polar surface area (TPSA) is 76.4 Å². The summed E-state index contributed by atoms with van der Waals surface area (Å²) in [6, 6.07) is 8.51. The van der Waals surface area contributed by atoms with Crippen LogP contribution >= 0.6 is 24.0 Å². The van der Waals surface area contributed by atoms with E-state index in [0.29, 0.717) is 12.5 Å². The Labute approximate surface area is 184 Å². The molecule has 1 atom stereocenters. The van der Waals surface area contributed by atoms with Gasteiger partial charge in [0.05, 0.1) is 13.2 Å². The highest BCUT2D eigenvalue weighted by molar-refractivity contribution is 14.0. The van der Waals surface area contributed by atoms with Crippen LogP contribution in [-0.2, 0) is 24.2 Å². The molecule has 2 aromatic rings. The molecular formula is C20H31IN6O. The Kier molecular flexibility index (Phi) is 9.69. The zero-order valence-corrected chi connectivity index (χ0v) is 19.1. The third-order valence-corrected chi connectivity index (χ3v) is 4.78. The smallest absolute Gasteiger partial charge is 0.191 e. The molecule has 0 saturated carbocycles. The molecule has 2 heterocycles. The second-order valence-electron chi connectivity index (χ2n) is 6.98. The first-order valence-corrected chi connectivity index (χ1v) is 9.76. The van der Waals surface area contributed by atoms with Crippen LogP contribution < -0.4 is 10.6 Å². The summed E-state index contributed by atoms with van der Waals surface area (Å²) in [6.07, 6.45) is 3.78. The number of halogens is 1. The minimum Gasteiger partial charge on any atom is -0.381 e. The number of aryl methyl sites for hydroxylation is 2. The summed E-state index contributed by atoms with van der Waals surface area (Å²) in [6.45, 7) is 9.01. The highest BCUT2D eigenvalue weighted by atomic mass is 127. The molecule has 28 heavy (non-hydrogen) atoms. The van der Waals surface area contributed by atoms with E-state index < -0.39 is 0 Å². The van der Waals surface area contributed by atoms with Crippen molar-refractivity contribution in [3.63, 3.8) is 0 Å². The number of guanidine groups is 1. The first-order valence-electron chi connectivity index (χ1n) is 9.76. The van der Waals surface area contributed by atoms with Gasteiger partial charge in [-0.15, -0.1) is 34.2 Å². The monoisotopic (exact) mass is 498 g/mol. The van der Waals surface area contributed by atoms with Gasteiger partial charge in [-0.05, 0) is 18.9 Å². The molecule has 3 rings (SSSR count). The second-order valence-corrected chi connectivity index (χ2v) is 6.98. The van der Waals surface area contributed by atoms with E-state index >= 15 is 0 Å². The summed E-state index contributed by atoms with van der Waals surface area (Å²) in [5, 5.41) is 15.0. The molecule has 2 N–H and O–H groups in total. The Hall–Kier alpha value is -1.68. The first kappa shape index (κ1) is 22.6. The average molecular weight is 498 g/mol. The molecular weight excluding hydrogens is 467 g/mol. The minimum absolute atomic E-state index is 0. The number of hydrogen-bond donors (Lipinski definition) is 2. The maximum absolute atomic E-state index is 5.47. The van der Waals surface area contributed by atoms with Crippen molar-refractivity contribution in [3.05, 3.63) is 47.5 Å². The van der Waals surface area contributed by atoms with Crippen LogP contribution in [0, 0.1) is 12.8 Å². The van der Waals surface area contributed by atoms with E-state index in [1.165, 1.54) is 11.1 Å². The summed E-state index contributed by atoms with van der Waals surface area (Å²) in [7, 11) is 0. The first-order chi connectivity index (χ1) is 13.2. The second kappa shape index (κ2) is 12.0. The van der Waals surface area contributed by atoms with Crippen molar-refractivity contribution < 1.29 is 4.74 Å². The number of nitrogens with zero attached hydrogens (tertiary/aromatic N) is 4. The molecule has 0 bridgehead atoms. The molecule has 1 unspecified atom stereocenters. The summed E-state index contributed by atoms with van der Waals surface area (Å²) in [5.41, 5.74) is 2.47. The molecule has 154 valence electrons. The molecule has 1 saturated heterocycles. The lowest BCUT2D eigenvalue weighted by Crippen LogP contribution is -2.41. The van der Waals surface area contributed by atoms with Gasteiger partial charge in [-0.3, -0.25) is 0 Å². The highest BCUT2D eigenvalue weighted by Crippen LogP contribution is 2.10. The van der Waals surface area contributed by atoms with Crippen molar-refractivity contribution in [1.82, 2.24) is 25.4 Å². The summed E-state index contributed by atoms with van der Waals surface area (Å²) in [4.78, 5) is 4.76. The lowest BCUT2D eigenvalue weighted by Gasteiger charge is -2.15. The van der Waals surface area contributed by atoms with Gasteiger partial charge in [-0.1, -0.05) is 36.8 Å². The zero-order valence-electron chi connectivity index (χ0n) is 16.7. The Morgan fingerprint density at radius 1 is 1.29 bits per heavy atom. The normalized spacial score (nSPS) is 16.6. The fraction of sp³-hybridized carbons (Fsp3) is 0.550. The SMILES string of the molecule is CCc1nncn1CCNC(=NCc1ccc(C)cc1)NCC1CCOC1.I. The Balaban J connectivity index is 0.00000280. The number of hydrogen-bond acceptors (Lipinski definition) is 4. The van der Waals surface area contributed by atoms with Crippen molar-refractivity contribution in [3.8, 4) is 0 Å². The van der Waals surface area contributed by atoms with Crippen LogP contribution in [0.3, 0.4) is 0 Å². The van der Waals surface area contributed by atoms with Gasteiger partial charge in [-0.25, -0.2) is 4.99 Å². The number of benzene rings is 1. The van der Waals surface area contributed by atoms with Gasteiger partial charge in [0.25, 0.3) is 0 Å². The summed E-state index contributed by atoms with van der Waals surface area (Å²) < 4.78 is 7.55. The maximum Gasteiger partial charge on any atom is 0.191 e. The van der Waals surface area contributed by atoms with E-state index in [-0.39, 0.29) is 24.0 Å². The van der Waals surface area contributed by atoms with Crippen LogP contribution in [0.4, 0.5) is 0 Å². The summed E-state index contributed by atoms with van der Waals surface area (Å²) >= 11 is 0. The third kappa shape index (κ3) is 7.05. The van der Waals surface area contributed by atoms with Crippen LogP contribution in [0.2, 0.25) is 0 Å². The average Bonchev–Trinajstić information content (AvgIpc) is 3.36. The van der Waals surface area contributed by atoms with E-state index in [1.54, 1.807) is 6.33 Å². The zero-order chi connectivity index (χ0) is 18.9. The Morgan fingerprint density at radius 2 is 2.11 bits per heavy atom. The molecule has 8 heteroatoms. The molecule has 1 aliphatic rings. The van der Waals surface area contributed by atoms with Crippen molar-refractivity contribution in [1.29, 1.82) is 0 Å². The minimum atomic E-state index is 0. The van der Waals surface area contributed by atoms with Crippen molar-refractivity contribution in [2.45, 2.75) is 39.8 Å². The molecule has 1 fully saturated rings. The predicted molar refractivity (Wildman–Crippen MR) is 122 cm³/mol. The number of nitrogens with one attached hydrogen (secondary N) is 2. The molecule has 0 radical (unpaired) electrons. The van der Waals surface area contributed by atoms with Crippen molar-refractivity contribution in [2.75, 3.05) is 26.3 Å². The molecule has 7 nitrogen and oxygen atoms in total. The van der Waals surface area contributed by atoms with E-state index in [0.717, 1.165) is 57.5 Å². The van der Waals surface area contributed by atoms with Gasteiger partial charge in [0.2, 0.25) is 0 Å². The van der Waals surface area contributed by atoms with Gasteiger partial charge in [0.15, 0.2) is 5.96 Å². The van der Waals surface area contributed by atoms with Gasteiger partial charge < -0.3 is 19.9 Å². The summed E-state index contributed by atoms with van der Waals surface area (Å²) in [5.74, 6) is 2.40. The molecule has 1 aromatic carbocycles. The van der Waals surface area contributed by atoms with Gasteiger partial charge >= 0.3 is 0 Å². The van der Waals surface area contributed by atoms with Crippen LogP contribution in [0.15, 0.2) is 35.6 Å². The van der Waals surface area contributed by atoms with Crippen LogP contribution in [0.1, 0.15) is 30.3 Å². The molecule has 0 spiro atoms. The lowest BCUT2D eigenvalue weighted by atomic mass is 10.1. The van der Waals surface area contributed by atoms with Gasteiger partial charge in [0, 0.05) is 38.6 Å². The molecule has 1 aliphatic heterocycles. The molecule has 0 aliphatic carbocycles. The fourth-order valence-corrected chi connectivity index (χ4v) is 3.06. The van der Waals surface area contributed by atoms with Crippen LogP contribution in [0.5, 0.6) is 0 Å². The molecule has 0 amide bonds. The number of rotatable bonds is 8. The van der Waals surface area contributed by atoms with Crippen molar-refractivity contribution in [2.24, 2.45) is 10.9 Å². The number of aromatic nitrogens is 3. The largest absolute Gasteiger partial charge is 0.381 e. The van der Waals surface area contributed by atoms with E-state index in [2.05, 4.69) is 63.5 Å². The van der Waals surface area contributed by atoms with Crippen molar-refractivity contribution >= 4 is 29.9 Å². The quantitative estimate of drug-likeness (QED) is 0.333. The van der Waals surface area contributed by atoms with Gasteiger partial charge in [-0.2, -0.15) is 0 Å². The fourth-order valence-electron chi connectivity index (χ4n) is 3.06. The molecule has 1 aromatic heterocycles. The van der Waals surface area contributed by atoms with E-state index in [1.807, 2.05) is 0 Å². The van der Waals surface area contributed by atoms with E-state index in [9.17, 15) is 0 Å². The standard InChI is InChI=1S/C20H30N6O.HI/c1-3-19-25-24-15-26(19)10-9-21-20(23-13-18-8-11-27-14-18)22-12-17-6-4-16(2)5-7-17;/h4-7,15,18H,3,8-14H2,1-2H3,(H2,21,22,23);1H.